The number of aryl methyl sites for hydroxylation is 2. The minimum Gasteiger partial charge on any atom is -0.337 e. The zero-order chi connectivity index (χ0) is 17.2. The average Bonchev–Trinajstić information content (AvgIpc) is 3.04. The van der Waals surface area contributed by atoms with Crippen LogP contribution in [-0.4, -0.2) is 46.2 Å². The lowest BCUT2D eigenvalue weighted by Gasteiger charge is -2.14. The van der Waals surface area contributed by atoms with E-state index in [0.29, 0.717) is 29.6 Å². The molecule has 0 bridgehead atoms. The Morgan fingerprint density at radius 3 is 2.57 bits per heavy atom. The first-order valence-corrected chi connectivity index (χ1v) is 9.07. The summed E-state index contributed by atoms with van der Waals surface area (Å²) in [5.41, 5.74) is 1.04. The van der Waals surface area contributed by atoms with Crippen molar-refractivity contribution in [2.45, 2.75) is 52.0 Å². The fourth-order valence-electron chi connectivity index (χ4n) is 2.34. The monoisotopic (exact) mass is 341 g/mol. The van der Waals surface area contributed by atoms with Gasteiger partial charge >= 0.3 is 0 Å². The molecular weight excluding hydrogens is 318 g/mol. The van der Waals surface area contributed by atoms with E-state index in [4.69, 9.17) is 4.52 Å². The molecule has 128 valence electrons. The summed E-state index contributed by atoms with van der Waals surface area (Å²) in [5.74, 6) is 1.08. The van der Waals surface area contributed by atoms with Crippen molar-refractivity contribution in [2.75, 3.05) is 13.6 Å². The summed E-state index contributed by atoms with van der Waals surface area (Å²) in [4.78, 5) is 4.54. The maximum atomic E-state index is 12.6. The van der Waals surface area contributed by atoms with Gasteiger partial charge in [-0.05, 0) is 20.3 Å². The van der Waals surface area contributed by atoms with Crippen LogP contribution in [0.1, 0.15) is 43.4 Å². The van der Waals surface area contributed by atoms with E-state index in [0.717, 1.165) is 12.8 Å². The van der Waals surface area contributed by atoms with Gasteiger partial charge in [-0.25, -0.2) is 12.7 Å². The predicted molar refractivity (Wildman–Crippen MR) is 84.6 cm³/mol. The number of sulfonamides is 1. The molecule has 2 aromatic heterocycles. The molecule has 0 saturated heterocycles. The molecule has 8 nitrogen and oxygen atoms in total. The molecule has 0 spiro atoms. The molecule has 0 aliphatic rings. The molecule has 0 amide bonds. The highest BCUT2D eigenvalue weighted by Crippen LogP contribution is 2.23. The minimum absolute atomic E-state index is 0.246. The van der Waals surface area contributed by atoms with E-state index in [2.05, 4.69) is 15.2 Å². The van der Waals surface area contributed by atoms with Crippen LogP contribution in [0.4, 0.5) is 0 Å². The minimum atomic E-state index is -3.54. The number of rotatable bonds is 7. The van der Waals surface area contributed by atoms with Crippen LogP contribution in [0.5, 0.6) is 0 Å². The summed E-state index contributed by atoms with van der Waals surface area (Å²) in [6, 6.07) is 0. The maximum absolute atomic E-state index is 12.6. The standard InChI is InChI=1S/C14H23N5O3S/c1-6-8-12-15-13(22-17-12)9-19-11(4)14(10(3)16-19)23(20,21)18(5)7-2/h6-9H2,1-5H3. The number of hydrogen-bond donors (Lipinski definition) is 0. The van der Waals surface area contributed by atoms with Gasteiger partial charge in [0.05, 0.1) is 11.4 Å². The molecule has 2 aromatic rings. The molecular formula is C14H23N5O3S. The second kappa shape index (κ2) is 6.79. The van der Waals surface area contributed by atoms with E-state index in [-0.39, 0.29) is 11.4 Å². The Hall–Kier alpha value is -1.74. The first kappa shape index (κ1) is 17.6. The fourth-order valence-corrected chi connectivity index (χ4v) is 3.89. The van der Waals surface area contributed by atoms with Gasteiger partial charge in [-0.1, -0.05) is 19.0 Å². The topological polar surface area (TPSA) is 94.1 Å². The summed E-state index contributed by atoms with van der Waals surface area (Å²) >= 11 is 0. The van der Waals surface area contributed by atoms with Crippen molar-refractivity contribution in [1.82, 2.24) is 24.2 Å². The normalized spacial score (nSPS) is 12.3. The Labute approximate surface area is 136 Å². The molecule has 0 fully saturated rings. The lowest BCUT2D eigenvalue weighted by Crippen LogP contribution is -2.27. The van der Waals surface area contributed by atoms with Crippen molar-refractivity contribution in [2.24, 2.45) is 0 Å². The van der Waals surface area contributed by atoms with Crippen molar-refractivity contribution >= 4 is 10.0 Å². The van der Waals surface area contributed by atoms with E-state index in [1.54, 1.807) is 32.5 Å². The summed E-state index contributed by atoms with van der Waals surface area (Å²) in [6.45, 7) is 7.92. The first-order chi connectivity index (χ1) is 10.8. The molecule has 0 aromatic carbocycles. The van der Waals surface area contributed by atoms with E-state index >= 15 is 0 Å². The van der Waals surface area contributed by atoms with Gasteiger partial charge in [0.1, 0.15) is 11.4 Å². The third-order valence-corrected chi connectivity index (χ3v) is 5.88. The van der Waals surface area contributed by atoms with Gasteiger partial charge in [-0.3, -0.25) is 4.68 Å². The summed E-state index contributed by atoms with van der Waals surface area (Å²) in [7, 11) is -1.99. The second-order valence-corrected chi connectivity index (χ2v) is 7.41. The van der Waals surface area contributed by atoms with Crippen LogP contribution in [0, 0.1) is 13.8 Å². The largest absolute Gasteiger partial charge is 0.337 e. The molecule has 0 unspecified atom stereocenters. The summed E-state index contributed by atoms with van der Waals surface area (Å²) in [5, 5.41) is 8.22. The van der Waals surface area contributed by atoms with Crippen LogP contribution in [0.25, 0.3) is 0 Å². The van der Waals surface area contributed by atoms with Crippen LogP contribution in [0.3, 0.4) is 0 Å². The van der Waals surface area contributed by atoms with Crippen LogP contribution < -0.4 is 0 Å². The molecule has 0 saturated carbocycles. The first-order valence-electron chi connectivity index (χ1n) is 7.63. The van der Waals surface area contributed by atoms with Crippen molar-refractivity contribution in [3.05, 3.63) is 23.1 Å². The van der Waals surface area contributed by atoms with Crippen molar-refractivity contribution in [3.8, 4) is 0 Å². The Kier molecular flexibility index (Phi) is 5.20. The van der Waals surface area contributed by atoms with E-state index in [1.807, 2.05) is 6.92 Å². The third kappa shape index (κ3) is 3.45. The lowest BCUT2D eigenvalue weighted by molar-refractivity contribution is 0.359. The molecule has 0 aliphatic carbocycles. The molecule has 0 radical (unpaired) electrons. The molecule has 0 N–H and O–H groups in total. The molecule has 0 aliphatic heterocycles. The number of aromatic nitrogens is 4. The van der Waals surface area contributed by atoms with Crippen LogP contribution in [0.2, 0.25) is 0 Å². The predicted octanol–water partition coefficient (Wildman–Crippen LogP) is 1.52. The molecule has 0 atom stereocenters. The Balaban J connectivity index is 2.33. The van der Waals surface area contributed by atoms with Gasteiger partial charge in [0.25, 0.3) is 0 Å². The Bertz CT molecular complexity index is 778. The maximum Gasteiger partial charge on any atom is 0.248 e. The fraction of sp³-hybridized carbons (Fsp3) is 0.643. The zero-order valence-corrected chi connectivity index (χ0v) is 15.0. The number of nitrogens with zero attached hydrogens (tertiary/aromatic N) is 5. The molecule has 2 rings (SSSR count). The zero-order valence-electron chi connectivity index (χ0n) is 14.2. The number of hydrogen-bond acceptors (Lipinski definition) is 6. The SMILES string of the molecule is CCCc1noc(Cn2nc(C)c(S(=O)(=O)N(C)CC)c2C)n1. The second-order valence-electron chi connectivity index (χ2n) is 5.43. The highest BCUT2D eigenvalue weighted by molar-refractivity contribution is 7.89. The van der Waals surface area contributed by atoms with Crippen molar-refractivity contribution in [1.29, 1.82) is 0 Å². The van der Waals surface area contributed by atoms with Crippen LogP contribution >= 0.6 is 0 Å². The van der Waals surface area contributed by atoms with Crippen molar-refractivity contribution in [3.63, 3.8) is 0 Å². The third-order valence-electron chi connectivity index (χ3n) is 3.70. The molecule has 2 heterocycles. The Morgan fingerprint density at radius 1 is 1.26 bits per heavy atom. The molecule has 23 heavy (non-hydrogen) atoms. The van der Waals surface area contributed by atoms with E-state index in [9.17, 15) is 8.42 Å². The Morgan fingerprint density at radius 2 is 1.96 bits per heavy atom. The van der Waals surface area contributed by atoms with Crippen LogP contribution in [0.15, 0.2) is 9.42 Å². The lowest BCUT2D eigenvalue weighted by atomic mass is 10.3. The van der Waals surface area contributed by atoms with Crippen molar-refractivity contribution < 1.29 is 12.9 Å². The smallest absolute Gasteiger partial charge is 0.248 e. The van der Waals surface area contributed by atoms with Gasteiger partial charge in [0, 0.05) is 20.0 Å². The van der Waals surface area contributed by atoms with E-state index in [1.165, 1.54) is 4.31 Å². The molecule has 9 heteroatoms. The average molecular weight is 341 g/mol. The van der Waals surface area contributed by atoms with E-state index < -0.39 is 10.0 Å². The van der Waals surface area contributed by atoms with Gasteiger partial charge < -0.3 is 4.52 Å². The van der Waals surface area contributed by atoms with Gasteiger partial charge in [0.15, 0.2) is 5.82 Å². The van der Waals surface area contributed by atoms with Gasteiger partial charge in [-0.15, -0.1) is 0 Å². The summed E-state index contributed by atoms with van der Waals surface area (Å²) < 4.78 is 33.3. The van der Waals surface area contributed by atoms with Crippen LogP contribution in [-0.2, 0) is 23.0 Å². The van der Waals surface area contributed by atoms with Gasteiger partial charge in [0.2, 0.25) is 15.9 Å². The highest BCUT2D eigenvalue weighted by atomic mass is 32.2. The van der Waals surface area contributed by atoms with Gasteiger partial charge in [-0.2, -0.15) is 10.1 Å². The summed E-state index contributed by atoms with van der Waals surface area (Å²) in [6.07, 6.45) is 1.69. The quantitative estimate of drug-likeness (QED) is 0.758. The highest BCUT2D eigenvalue weighted by Gasteiger charge is 2.28.